The van der Waals surface area contributed by atoms with Crippen LogP contribution in [0.1, 0.15) is 19.4 Å². The normalized spacial score (nSPS) is 30.9. The highest BCUT2D eigenvalue weighted by molar-refractivity contribution is 6.04. The lowest BCUT2D eigenvalue weighted by molar-refractivity contribution is -0.160. The van der Waals surface area contributed by atoms with Crippen LogP contribution >= 0.6 is 0 Å². The number of aliphatic hydroxyl groups is 1. The first-order chi connectivity index (χ1) is 10.00. The first-order valence-electron chi connectivity index (χ1n) is 6.88. The van der Waals surface area contributed by atoms with Crippen LogP contribution < -0.4 is 4.74 Å². The van der Waals surface area contributed by atoms with Crippen molar-refractivity contribution in [2.45, 2.75) is 37.9 Å². The van der Waals surface area contributed by atoms with E-state index in [-0.39, 0.29) is 6.10 Å². The SMILES string of the molecule is COc1ccc(C2=NO[C@H]([C@H]3COC(C)(C)O3)[C@H]2O)cc1. The molecule has 3 atom stereocenters. The summed E-state index contributed by atoms with van der Waals surface area (Å²) in [4.78, 5) is 5.37. The van der Waals surface area contributed by atoms with E-state index in [9.17, 15) is 5.11 Å². The van der Waals surface area contributed by atoms with Crippen LogP contribution in [-0.4, -0.2) is 48.6 Å². The summed E-state index contributed by atoms with van der Waals surface area (Å²) in [5.41, 5.74) is 1.29. The third kappa shape index (κ3) is 2.74. The number of aliphatic hydroxyl groups excluding tert-OH is 1. The van der Waals surface area contributed by atoms with Gasteiger partial charge in [-0.15, -0.1) is 0 Å². The summed E-state index contributed by atoms with van der Waals surface area (Å²) in [6.07, 6.45) is -1.74. The average molecular weight is 293 g/mol. The van der Waals surface area contributed by atoms with Crippen molar-refractivity contribution in [1.29, 1.82) is 0 Å². The Morgan fingerprint density at radius 1 is 1.29 bits per heavy atom. The molecule has 0 aromatic heterocycles. The Hall–Kier alpha value is -1.63. The van der Waals surface area contributed by atoms with E-state index in [2.05, 4.69) is 5.16 Å². The van der Waals surface area contributed by atoms with Crippen LogP contribution in [-0.2, 0) is 14.3 Å². The van der Waals surface area contributed by atoms with Crippen LogP contribution in [0.4, 0.5) is 0 Å². The van der Waals surface area contributed by atoms with Crippen molar-refractivity contribution in [3.05, 3.63) is 29.8 Å². The van der Waals surface area contributed by atoms with Crippen LogP contribution in [0.15, 0.2) is 29.4 Å². The minimum Gasteiger partial charge on any atom is -0.497 e. The minimum atomic E-state index is -0.846. The van der Waals surface area contributed by atoms with Gasteiger partial charge in [0.2, 0.25) is 0 Å². The molecular weight excluding hydrogens is 274 g/mol. The minimum absolute atomic E-state index is 0.338. The molecule has 0 spiro atoms. The van der Waals surface area contributed by atoms with E-state index in [0.717, 1.165) is 11.3 Å². The van der Waals surface area contributed by atoms with Gasteiger partial charge in [-0.3, -0.25) is 0 Å². The molecule has 1 N–H and O–H groups in total. The van der Waals surface area contributed by atoms with Gasteiger partial charge in [-0.2, -0.15) is 0 Å². The van der Waals surface area contributed by atoms with Crippen LogP contribution in [0.25, 0.3) is 0 Å². The van der Waals surface area contributed by atoms with Gasteiger partial charge in [0.15, 0.2) is 11.9 Å². The molecule has 6 nitrogen and oxygen atoms in total. The monoisotopic (exact) mass is 293 g/mol. The molecule has 2 aliphatic rings. The van der Waals surface area contributed by atoms with E-state index in [1.54, 1.807) is 7.11 Å². The molecule has 21 heavy (non-hydrogen) atoms. The quantitative estimate of drug-likeness (QED) is 0.910. The zero-order valence-corrected chi connectivity index (χ0v) is 12.3. The van der Waals surface area contributed by atoms with Crippen molar-refractivity contribution in [2.75, 3.05) is 13.7 Å². The van der Waals surface area contributed by atoms with Crippen molar-refractivity contribution < 1.29 is 24.2 Å². The molecule has 0 saturated carbocycles. The number of ether oxygens (including phenoxy) is 3. The topological polar surface area (TPSA) is 69.5 Å². The summed E-state index contributed by atoms with van der Waals surface area (Å²) >= 11 is 0. The number of hydrogen-bond donors (Lipinski definition) is 1. The van der Waals surface area contributed by atoms with Crippen molar-refractivity contribution in [3.63, 3.8) is 0 Å². The largest absolute Gasteiger partial charge is 0.497 e. The Kier molecular flexibility index (Phi) is 3.61. The molecule has 0 radical (unpaired) electrons. The lowest BCUT2D eigenvalue weighted by atomic mass is 9.99. The fourth-order valence-electron chi connectivity index (χ4n) is 2.52. The Labute approximate surface area is 123 Å². The summed E-state index contributed by atoms with van der Waals surface area (Å²) in [6, 6.07) is 7.30. The molecule has 0 bridgehead atoms. The van der Waals surface area contributed by atoms with E-state index in [4.69, 9.17) is 19.0 Å². The standard InChI is InChI=1S/C15H19NO5/c1-15(2)19-8-11(20-15)14-13(17)12(16-21-14)9-4-6-10(18-3)7-5-9/h4-7,11,13-14,17H,8H2,1-3H3/t11-,13+,14-/m1/s1. The fourth-order valence-corrected chi connectivity index (χ4v) is 2.52. The second kappa shape index (κ2) is 5.29. The third-order valence-corrected chi connectivity index (χ3v) is 3.65. The Morgan fingerprint density at radius 2 is 2.00 bits per heavy atom. The van der Waals surface area contributed by atoms with E-state index >= 15 is 0 Å². The van der Waals surface area contributed by atoms with Crippen LogP contribution in [0, 0.1) is 0 Å². The van der Waals surface area contributed by atoms with Gasteiger partial charge in [0.1, 0.15) is 23.7 Å². The first-order valence-corrected chi connectivity index (χ1v) is 6.88. The summed E-state index contributed by atoms with van der Waals surface area (Å²) in [6.45, 7) is 4.04. The van der Waals surface area contributed by atoms with Gasteiger partial charge < -0.3 is 24.2 Å². The van der Waals surface area contributed by atoms with Crippen LogP contribution in [0.2, 0.25) is 0 Å². The number of methoxy groups -OCH3 is 1. The second-order valence-corrected chi connectivity index (χ2v) is 5.59. The number of benzene rings is 1. The zero-order valence-electron chi connectivity index (χ0n) is 12.3. The molecule has 0 amide bonds. The number of hydrogen-bond acceptors (Lipinski definition) is 6. The lowest BCUT2D eigenvalue weighted by Crippen LogP contribution is -2.41. The molecule has 114 valence electrons. The maximum absolute atomic E-state index is 10.4. The Bertz CT molecular complexity index is 539. The molecule has 1 aromatic carbocycles. The molecule has 2 aliphatic heterocycles. The molecule has 0 aliphatic carbocycles. The molecule has 6 heteroatoms. The van der Waals surface area contributed by atoms with Crippen LogP contribution in [0.3, 0.4) is 0 Å². The van der Waals surface area contributed by atoms with Gasteiger partial charge in [0, 0.05) is 5.56 Å². The molecule has 3 rings (SSSR count). The fraction of sp³-hybridized carbons (Fsp3) is 0.533. The Morgan fingerprint density at radius 3 is 2.57 bits per heavy atom. The Balaban J connectivity index is 1.72. The van der Waals surface area contributed by atoms with Crippen molar-refractivity contribution in [3.8, 4) is 5.75 Å². The van der Waals surface area contributed by atoms with Gasteiger partial charge in [-0.1, -0.05) is 5.16 Å². The molecule has 1 aromatic rings. The summed E-state index contributed by atoms with van der Waals surface area (Å²) in [5.74, 6) is 0.0925. The maximum Gasteiger partial charge on any atom is 0.187 e. The van der Waals surface area contributed by atoms with Crippen LogP contribution in [0.5, 0.6) is 5.75 Å². The summed E-state index contributed by atoms with van der Waals surface area (Å²) in [7, 11) is 1.61. The molecule has 0 unspecified atom stereocenters. The number of oxime groups is 1. The van der Waals surface area contributed by atoms with E-state index in [0.29, 0.717) is 12.3 Å². The molecule has 1 saturated heterocycles. The predicted octanol–water partition coefficient (Wildman–Crippen LogP) is 1.31. The van der Waals surface area contributed by atoms with E-state index in [1.165, 1.54) is 0 Å². The van der Waals surface area contributed by atoms with E-state index in [1.807, 2.05) is 38.1 Å². The van der Waals surface area contributed by atoms with Gasteiger partial charge >= 0.3 is 0 Å². The summed E-state index contributed by atoms with van der Waals surface area (Å²) < 4.78 is 16.3. The van der Waals surface area contributed by atoms with Gasteiger partial charge in [-0.25, -0.2) is 0 Å². The number of nitrogens with zero attached hydrogens (tertiary/aromatic N) is 1. The molecule has 1 fully saturated rings. The average Bonchev–Trinajstić information content (AvgIpc) is 3.01. The van der Waals surface area contributed by atoms with E-state index < -0.39 is 18.0 Å². The number of rotatable bonds is 3. The van der Waals surface area contributed by atoms with Gasteiger partial charge in [0.05, 0.1) is 13.7 Å². The van der Waals surface area contributed by atoms with Gasteiger partial charge in [-0.05, 0) is 38.1 Å². The van der Waals surface area contributed by atoms with Crippen molar-refractivity contribution >= 4 is 5.71 Å². The highest BCUT2D eigenvalue weighted by Gasteiger charge is 2.46. The maximum atomic E-state index is 10.4. The first kappa shape index (κ1) is 14.3. The summed E-state index contributed by atoms with van der Waals surface area (Å²) in [5, 5.41) is 14.4. The van der Waals surface area contributed by atoms with Crippen molar-refractivity contribution in [2.24, 2.45) is 5.16 Å². The smallest absolute Gasteiger partial charge is 0.187 e. The van der Waals surface area contributed by atoms with Crippen molar-refractivity contribution in [1.82, 2.24) is 0 Å². The highest BCUT2D eigenvalue weighted by Crippen LogP contribution is 2.30. The third-order valence-electron chi connectivity index (χ3n) is 3.65. The second-order valence-electron chi connectivity index (χ2n) is 5.59. The lowest BCUT2D eigenvalue weighted by Gasteiger charge is -2.21. The molecule has 2 heterocycles. The van der Waals surface area contributed by atoms with Gasteiger partial charge in [0.25, 0.3) is 0 Å². The highest BCUT2D eigenvalue weighted by atomic mass is 16.8. The zero-order chi connectivity index (χ0) is 15.0. The predicted molar refractivity (Wildman–Crippen MR) is 75.3 cm³/mol. The molecular formula is C15H19NO5.